The molecule has 0 bridgehead atoms. The highest BCUT2D eigenvalue weighted by atomic mass is 16.5. The number of H-pyrrole nitrogens is 1. The van der Waals surface area contributed by atoms with E-state index < -0.39 is 5.60 Å². The van der Waals surface area contributed by atoms with Gasteiger partial charge in [0, 0.05) is 35.8 Å². The van der Waals surface area contributed by atoms with Gasteiger partial charge in [0.15, 0.2) is 11.4 Å². The highest BCUT2D eigenvalue weighted by molar-refractivity contribution is 6.04. The number of benzene rings is 1. The van der Waals surface area contributed by atoms with Crippen molar-refractivity contribution < 1.29 is 14.3 Å². The van der Waals surface area contributed by atoms with Crippen LogP contribution in [0.15, 0.2) is 29.3 Å². The molecule has 1 aromatic carbocycles. The maximum Gasteiger partial charge on any atom is 0.276 e. The first kappa shape index (κ1) is 16.2. The average Bonchev–Trinajstić information content (AvgIpc) is 3.08. The first-order valence-electron chi connectivity index (χ1n) is 8.07. The molecule has 2 N–H and O–H groups in total. The van der Waals surface area contributed by atoms with E-state index in [9.17, 15) is 9.59 Å². The smallest absolute Gasteiger partial charge is 0.276 e. The predicted octanol–water partition coefficient (Wildman–Crippen LogP) is 2.05. The maximum absolute atomic E-state index is 12.3. The van der Waals surface area contributed by atoms with E-state index in [0.29, 0.717) is 33.7 Å². The van der Waals surface area contributed by atoms with Crippen LogP contribution in [-0.4, -0.2) is 33.4 Å². The van der Waals surface area contributed by atoms with Crippen LogP contribution >= 0.6 is 0 Å². The lowest BCUT2D eigenvalue weighted by molar-refractivity contribution is -0.129. The first-order chi connectivity index (χ1) is 12.3. The van der Waals surface area contributed by atoms with E-state index in [4.69, 9.17) is 9.47 Å². The van der Waals surface area contributed by atoms with Crippen molar-refractivity contribution in [2.75, 3.05) is 12.4 Å². The monoisotopic (exact) mass is 354 g/mol. The number of carbonyl (C=O) groups excluding carboxylic acids is 1. The summed E-state index contributed by atoms with van der Waals surface area (Å²) in [7, 11) is 3.22. The van der Waals surface area contributed by atoms with Crippen LogP contribution in [-0.2, 0) is 11.8 Å². The third-order valence-electron chi connectivity index (χ3n) is 4.53. The van der Waals surface area contributed by atoms with Crippen LogP contribution in [0.1, 0.15) is 13.8 Å². The molecule has 8 nitrogen and oxygen atoms in total. The van der Waals surface area contributed by atoms with Crippen LogP contribution in [0.3, 0.4) is 0 Å². The van der Waals surface area contributed by atoms with Gasteiger partial charge in [-0.2, -0.15) is 5.10 Å². The summed E-state index contributed by atoms with van der Waals surface area (Å²) in [6.07, 6.45) is 3.33. The van der Waals surface area contributed by atoms with Crippen LogP contribution in [0.25, 0.3) is 22.0 Å². The fraction of sp³-hybridized carbons (Fsp3) is 0.278. The van der Waals surface area contributed by atoms with Crippen molar-refractivity contribution in [3.8, 4) is 22.6 Å². The zero-order valence-electron chi connectivity index (χ0n) is 14.8. The molecule has 26 heavy (non-hydrogen) atoms. The molecule has 1 aliphatic heterocycles. The van der Waals surface area contributed by atoms with Crippen molar-refractivity contribution in [1.29, 1.82) is 0 Å². The summed E-state index contributed by atoms with van der Waals surface area (Å²) in [5, 5.41) is 10.3. The van der Waals surface area contributed by atoms with E-state index >= 15 is 0 Å². The SMILES string of the molecule is COc1cc2c(c(-c3cn(C)c(=O)c4[nH]ncc34)c1)OC(C)(C)C(=O)N2. The lowest BCUT2D eigenvalue weighted by Crippen LogP contribution is -2.45. The Morgan fingerprint density at radius 2 is 2.00 bits per heavy atom. The van der Waals surface area contributed by atoms with Crippen molar-refractivity contribution in [2.45, 2.75) is 19.4 Å². The normalized spacial score (nSPS) is 15.3. The summed E-state index contributed by atoms with van der Waals surface area (Å²) in [6.45, 7) is 3.40. The fourth-order valence-electron chi connectivity index (χ4n) is 3.06. The molecule has 0 saturated carbocycles. The largest absolute Gasteiger partial charge is 0.497 e. The number of anilines is 1. The fourth-order valence-corrected chi connectivity index (χ4v) is 3.06. The van der Waals surface area contributed by atoms with Gasteiger partial charge in [0.25, 0.3) is 11.5 Å². The minimum Gasteiger partial charge on any atom is -0.497 e. The third kappa shape index (κ3) is 2.26. The van der Waals surface area contributed by atoms with Gasteiger partial charge in [-0.25, -0.2) is 0 Å². The number of aromatic amines is 1. The third-order valence-corrected chi connectivity index (χ3v) is 4.53. The average molecular weight is 354 g/mol. The number of hydrogen-bond donors (Lipinski definition) is 2. The highest BCUT2D eigenvalue weighted by Gasteiger charge is 2.37. The molecule has 4 rings (SSSR count). The summed E-state index contributed by atoms with van der Waals surface area (Å²) < 4.78 is 12.9. The number of nitrogens with zero attached hydrogens (tertiary/aromatic N) is 2. The van der Waals surface area contributed by atoms with Crippen molar-refractivity contribution in [2.24, 2.45) is 7.05 Å². The second-order valence-electron chi connectivity index (χ2n) is 6.74. The van der Waals surface area contributed by atoms with Gasteiger partial charge in [0.1, 0.15) is 11.3 Å². The molecule has 0 unspecified atom stereocenters. The number of aromatic nitrogens is 3. The molecule has 2 aromatic heterocycles. The molecule has 0 spiro atoms. The van der Waals surface area contributed by atoms with Gasteiger partial charge in [-0.1, -0.05) is 0 Å². The Morgan fingerprint density at radius 1 is 1.23 bits per heavy atom. The van der Waals surface area contributed by atoms with Crippen LogP contribution in [0.4, 0.5) is 5.69 Å². The Labute approximate surface area is 148 Å². The molecule has 0 atom stereocenters. The topological polar surface area (TPSA) is 98.2 Å². The van der Waals surface area contributed by atoms with Crippen LogP contribution < -0.4 is 20.3 Å². The van der Waals surface area contributed by atoms with Crippen LogP contribution in [0.2, 0.25) is 0 Å². The predicted molar refractivity (Wildman–Crippen MR) is 96.7 cm³/mol. The molecule has 3 heterocycles. The van der Waals surface area contributed by atoms with Crippen LogP contribution in [0, 0.1) is 0 Å². The van der Waals surface area contributed by atoms with E-state index in [1.807, 2.05) is 6.07 Å². The molecule has 0 aliphatic carbocycles. The molecule has 0 radical (unpaired) electrons. The quantitative estimate of drug-likeness (QED) is 0.734. The zero-order chi connectivity index (χ0) is 18.6. The second kappa shape index (κ2) is 5.35. The van der Waals surface area contributed by atoms with Gasteiger partial charge in [-0.15, -0.1) is 0 Å². The molecule has 1 amide bonds. The highest BCUT2D eigenvalue weighted by Crippen LogP contribution is 2.45. The van der Waals surface area contributed by atoms with Crippen molar-refractivity contribution in [3.05, 3.63) is 34.9 Å². The molecule has 0 fully saturated rings. The number of methoxy groups -OCH3 is 1. The van der Waals surface area contributed by atoms with Gasteiger partial charge in [0.05, 0.1) is 19.0 Å². The van der Waals surface area contributed by atoms with Gasteiger partial charge in [-0.3, -0.25) is 14.7 Å². The van der Waals surface area contributed by atoms with Gasteiger partial charge in [0.2, 0.25) is 0 Å². The molecule has 0 saturated heterocycles. The first-order valence-corrected chi connectivity index (χ1v) is 8.07. The van der Waals surface area contributed by atoms with Gasteiger partial charge < -0.3 is 19.4 Å². The van der Waals surface area contributed by atoms with Crippen LogP contribution in [0.5, 0.6) is 11.5 Å². The molecular formula is C18H18N4O4. The number of ether oxygens (including phenoxy) is 2. The Hall–Kier alpha value is -3.29. The minimum atomic E-state index is -1.02. The lowest BCUT2D eigenvalue weighted by atomic mass is 9.98. The Morgan fingerprint density at radius 3 is 2.73 bits per heavy atom. The standard InChI is InChI=1S/C18H18N4O4/c1-18(2)17(24)20-13-6-9(25-4)5-10(15(13)26-18)12-8-22(3)16(23)14-11(12)7-19-21-14/h5-8H,1-4H3,(H,19,21)(H,20,24). The summed E-state index contributed by atoms with van der Waals surface area (Å²) in [4.78, 5) is 24.6. The molecule has 3 aromatic rings. The number of aryl methyl sites for hydroxylation is 1. The van der Waals surface area contributed by atoms with E-state index in [1.54, 1.807) is 46.5 Å². The van der Waals surface area contributed by atoms with Crippen molar-refractivity contribution in [3.63, 3.8) is 0 Å². The van der Waals surface area contributed by atoms with Gasteiger partial charge >= 0.3 is 0 Å². The van der Waals surface area contributed by atoms with E-state index in [1.165, 1.54) is 4.57 Å². The summed E-state index contributed by atoms with van der Waals surface area (Å²) in [6, 6.07) is 3.53. The lowest BCUT2D eigenvalue weighted by Gasteiger charge is -2.33. The van der Waals surface area contributed by atoms with E-state index in [-0.39, 0.29) is 11.5 Å². The summed E-state index contributed by atoms with van der Waals surface area (Å²) in [5.41, 5.74) is 1.18. The number of hydrogen-bond acceptors (Lipinski definition) is 5. The van der Waals surface area contributed by atoms with E-state index in [0.717, 1.165) is 5.56 Å². The van der Waals surface area contributed by atoms with E-state index in [2.05, 4.69) is 15.5 Å². The second-order valence-corrected chi connectivity index (χ2v) is 6.74. The van der Waals surface area contributed by atoms with Gasteiger partial charge in [-0.05, 0) is 19.9 Å². The number of pyridine rings is 1. The number of rotatable bonds is 2. The molecule has 1 aliphatic rings. The molecule has 134 valence electrons. The van der Waals surface area contributed by atoms with Crippen molar-refractivity contribution in [1.82, 2.24) is 14.8 Å². The zero-order valence-corrected chi connectivity index (χ0v) is 14.8. The summed E-state index contributed by atoms with van der Waals surface area (Å²) in [5.74, 6) is 0.850. The Bertz CT molecular complexity index is 1110. The number of amides is 1. The Balaban J connectivity index is 2.06. The minimum absolute atomic E-state index is 0.174. The number of fused-ring (bicyclic) bond motifs is 2. The molecule has 8 heteroatoms. The number of nitrogens with one attached hydrogen (secondary N) is 2. The summed E-state index contributed by atoms with van der Waals surface area (Å²) >= 11 is 0. The van der Waals surface area contributed by atoms with Crippen molar-refractivity contribution >= 4 is 22.5 Å². The molecular weight excluding hydrogens is 336 g/mol. The maximum atomic E-state index is 12.3. The Kier molecular flexibility index (Phi) is 3.33. The number of carbonyl (C=O) groups is 1.